The number of carbonyl (C=O) groups is 1. The summed E-state index contributed by atoms with van der Waals surface area (Å²) >= 11 is 0. The largest absolute Gasteiger partial charge is 0.464 e. The molecule has 0 aliphatic rings. The number of esters is 1. The van der Waals surface area contributed by atoms with Crippen molar-refractivity contribution in [2.24, 2.45) is 0 Å². The molecular weight excluding hydrogens is 228 g/mol. The van der Waals surface area contributed by atoms with Gasteiger partial charge in [-0.05, 0) is 24.6 Å². The summed E-state index contributed by atoms with van der Waals surface area (Å²) in [6.45, 7) is 2.05. The summed E-state index contributed by atoms with van der Waals surface area (Å²) in [5.41, 5.74) is 3.44. The number of benzene rings is 1. The van der Waals surface area contributed by atoms with E-state index in [9.17, 15) is 4.79 Å². The Morgan fingerprint density at radius 3 is 2.67 bits per heavy atom. The Bertz CT molecular complexity index is 550. The number of carbonyl (C=O) groups excluding carboxylic acids is 1. The molecule has 92 valence electrons. The van der Waals surface area contributed by atoms with E-state index < -0.39 is 5.97 Å². The fourth-order valence-corrected chi connectivity index (χ4v) is 1.70. The first kappa shape index (κ1) is 12.2. The van der Waals surface area contributed by atoms with E-state index in [1.165, 1.54) is 18.2 Å². The summed E-state index contributed by atoms with van der Waals surface area (Å²) in [6, 6.07) is 11.6. The average molecular weight is 242 g/mol. The predicted octanol–water partition coefficient (Wildman–Crippen LogP) is 2.16. The molecule has 0 N–H and O–H groups in total. The number of rotatable bonds is 3. The van der Waals surface area contributed by atoms with Crippen LogP contribution in [-0.2, 0) is 11.2 Å². The number of hydrogen-bond acceptors (Lipinski definition) is 4. The molecule has 0 saturated carbocycles. The van der Waals surface area contributed by atoms with Crippen LogP contribution in [0.1, 0.15) is 27.3 Å². The van der Waals surface area contributed by atoms with Crippen molar-refractivity contribution in [3.8, 4) is 0 Å². The van der Waals surface area contributed by atoms with Gasteiger partial charge in [0.1, 0.15) is 0 Å². The maximum atomic E-state index is 11.2. The van der Waals surface area contributed by atoms with Gasteiger partial charge in [-0.25, -0.2) is 4.79 Å². The summed E-state index contributed by atoms with van der Waals surface area (Å²) in [5.74, 6) is -0.468. The Morgan fingerprint density at radius 1 is 1.22 bits per heavy atom. The highest BCUT2D eigenvalue weighted by Crippen LogP contribution is 2.09. The lowest BCUT2D eigenvalue weighted by Gasteiger charge is -2.02. The van der Waals surface area contributed by atoms with E-state index >= 15 is 0 Å². The monoisotopic (exact) mass is 242 g/mol. The molecule has 0 unspecified atom stereocenters. The van der Waals surface area contributed by atoms with Gasteiger partial charge in [0.05, 0.1) is 12.8 Å². The van der Waals surface area contributed by atoms with Crippen molar-refractivity contribution in [2.75, 3.05) is 7.11 Å². The number of methoxy groups -OCH3 is 1. The van der Waals surface area contributed by atoms with E-state index in [4.69, 9.17) is 0 Å². The molecule has 0 bridgehead atoms. The van der Waals surface area contributed by atoms with Gasteiger partial charge in [-0.1, -0.05) is 29.8 Å². The first-order chi connectivity index (χ1) is 8.69. The maximum absolute atomic E-state index is 11.2. The molecule has 1 aromatic heterocycles. The predicted molar refractivity (Wildman–Crippen MR) is 67.4 cm³/mol. The van der Waals surface area contributed by atoms with Gasteiger partial charge in [0.2, 0.25) is 0 Å². The van der Waals surface area contributed by atoms with E-state index in [1.807, 2.05) is 12.1 Å². The lowest BCUT2D eigenvalue weighted by atomic mass is 10.1. The first-order valence-corrected chi connectivity index (χ1v) is 5.65. The highest BCUT2D eigenvalue weighted by atomic mass is 16.5. The molecule has 0 saturated heterocycles. The molecule has 0 amide bonds. The minimum absolute atomic E-state index is 0.227. The summed E-state index contributed by atoms with van der Waals surface area (Å²) in [5, 5.41) is 7.87. The number of nitrogens with zero attached hydrogens (tertiary/aromatic N) is 2. The SMILES string of the molecule is COC(=O)c1ccc(Cc2cccc(C)c2)nn1. The quantitative estimate of drug-likeness (QED) is 0.774. The van der Waals surface area contributed by atoms with E-state index in [-0.39, 0.29) is 5.69 Å². The minimum Gasteiger partial charge on any atom is -0.464 e. The third-order valence-electron chi connectivity index (χ3n) is 2.58. The summed E-state index contributed by atoms with van der Waals surface area (Å²) in [4.78, 5) is 11.2. The van der Waals surface area contributed by atoms with Crippen molar-refractivity contribution >= 4 is 5.97 Å². The Balaban J connectivity index is 2.13. The summed E-state index contributed by atoms with van der Waals surface area (Å²) in [7, 11) is 1.32. The van der Waals surface area contributed by atoms with Crippen LogP contribution in [0.25, 0.3) is 0 Å². The van der Waals surface area contributed by atoms with Gasteiger partial charge < -0.3 is 4.74 Å². The Kier molecular flexibility index (Phi) is 3.67. The van der Waals surface area contributed by atoms with Gasteiger partial charge >= 0.3 is 5.97 Å². The lowest BCUT2D eigenvalue weighted by molar-refractivity contribution is 0.0592. The molecule has 18 heavy (non-hydrogen) atoms. The van der Waals surface area contributed by atoms with Crippen molar-refractivity contribution in [3.05, 3.63) is 58.9 Å². The highest BCUT2D eigenvalue weighted by Gasteiger charge is 2.07. The van der Waals surface area contributed by atoms with Gasteiger partial charge in [-0.15, -0.1) is 5.10 Å². The van der Waals surface area contributed by atoms with Crippen molar-refractivity contribution in [2.45, 2.75) is 13.3 Å². The van der Waals surface area contributed by atoms with Gasteiger partial charge in [0, 0.05) is 6.42 Å². The van der Waals surface area contributed by atoms with E-state index in [0.29, 0.717) is 6.42 Å². The molecule has 0 aliphatic heterocycles. The van der Waals surface area contributed by atoms with Crippen LogP contribution in [0, 0.1) is 6.92 Å². The molecule has 1 aromatic carbocycles. The van der Waals surface area contributed by atoms with Crippen LogP contribution >= 0.6 is 0 Å². The van der Waals surface area contributed by atoms with E-state index in [1.54, 1.807) is 12.1 Å². The molecule has 0 spiro atoms. The van der Waals surface area contributed by atoms with Gasteiger partial charge in [-0.2, -0.15) is 5.10 Å². The first-order valence-electron chi connectivity index (χ1n) is 5.65. The van der Waals surface area contributed by atoms with Crippen LogP contribution < -0.4 is 0 Å². The Morgan fingerprint density at radius 2 is 2.06 bits per heavy atom. The molecule has 4 nitrogen and oxygen atoms in total. The molecule has 0 aliphatic carbocycles. The standard InChI is InChI=1S/C14H14N2O2/c1-10-4-3-5-11(8-10)9-12-6-7-13(16-15-12)14(17)18-2/h3-8H,9H2,1-2H3. The third-order valence-corrected chi connectivity index (χ3v) is 2.58. The van der Waals surface area contributed by atoms with E-state index in [2.05, 4.69) is 34.0 Å². The lowest BCUT2D eigenvalue weighted by Crippen LogP contribution is -2.06. The molecule has 1 heterocycles. The Hall–Kier alpha value is -2.23. The minimum atomic E-state index is -0.468. The summed E-state index contributed by atoms with van der Waals surface area (Å²) in [6.07, 6.45) is 0.704. The highest BCUT2D eigenvalue weighted by molar-refractivity contribution is 5.86. The Labute approximate surface area is 106 Å². The molecule has 0 atom stereocenters. The number of aromatic nitrogens is 2. The van der Waals surface area contributed by atoms with Crippen LogP contribution in [0.3, 0.4) is 0 Å². The van der Waals surface area contributed by atoms with Gasteiger partial charge in [0.15, 0.2) is 5.69 Å². The van der Waals surface area contributed by atoms with Crippen LogP contribution in [0.15, 0.2) is 36.4 Å². The van der Waals surface area contributed by atoms with Gasteiger partial charge in [0.25, 0.3) is 0 Å². The molecule has 2 rings (SSSR count). The van der Waals surface area contributed by atoms with Gasteiger partial charge in [-0.3, -0.25) is 0 Å². The second-order valence-electron chi connectivity index (χ2n) is 4.07. The van der Waals surface area contributed by atoms with Crippen LogP contribution in [0.4, 0.5) is 0 Å². The fraction of sp³-hybridized carbons (Fsp3) is 0.214. The van der Waals surface area contributed by atoms with Crippen LogP contribution in [0.2, 0.25) is 0 Å². The van der Waals surface area contributed by atoms with Crippen molar-refractivity contribution < 1.29 is 9.53 Å². The number of hydrogen-bond donors (Lipinski definition) is 0. The molecule has 0 fully saturated rings. The van der Waals surface area contributed by atoms with Crippen LogP contribution in [-0.4, -0.2) is 23.3 Å². The summed E-state index contributed by atoms with van der Waals surface area (Å²) < 4.78 is 4.57. The van der Waals surface area contributed by atoms with Crippen molar-refractivity contribution in [3.63, 3.8) is 0 Å². The second kappa shape index (κ2) is 5.40. The van der Waals surface area contributed by atoms with Crippen molar-refractivity contribution in [1.82, 2.24) is 10.2 Å². The molecule has 2 aromatic rings. The zero-order valence-electron chi connectivity index (χ0n) is 10.4. The fourth-order valence-electron chi connectivity index (χ4n) is 1.70. The van der Waals surface area contributed by atoms with Crippen molar-refractivity contribution in [1.29, 1.82) is 0 Å². The topological polar surface area (TPSA) is 52.1 Å². The average Bonchev–Trinajstić information content (AvgIpc) is 2.39. The van der Waals surface area contributed by atoms with Crippen LogP contribution in [0.5, 0.6) is 0 Å². The maximum Gasteiger partial charge on any atom is 0.358 e. The molecule has 4 heteroatoms. The van der Waals surface area contributed by atoms with E-state index in [0.717, 1.165) is 5.69 Å². The number of aryl methyl sites for hydroxylation is 1. The molecule has 0 radical (unpaired) electrons. The zero-order valence-corrected chi connectivity index (χ0v) is 10.4. The zero-order chi connectivity index (χ0) is 13.0. The normalized spacial score (nSPS) is 10.1. The second-order valence-corrected chi connectivity index (χ2v) is 4.07. The molecular formula is C14H14N2O2. The third kappa shape index (κ3) is 2.91. The smallest absolute Gasteiger partial charge is 0.358 e. The number of ether oxygens (including phenoxy) is 1.